The summed E-state index contributed by atoms with van der Waals surface area (Å²) in [7, 11) is 1.59. The molecular weight excluding hydrogens is 172 g/mol. The number of aliphatic hydroxyl groups excluding tert-OH is 1. The van der Waals surface area contributed by atoms with Crippen LogP contribution in [0.15, 0.2) is 0 Å². The predicted molar refractivity (Wildman–Crippen MR) is 47.7 cm³/mol. The molecule has 0 aliphatic heterocycles. The van der Waals surface area contributed by atoms with Gasteiger partial charge in [-0.15, -0.1) is 0 Å². The van der Waals surface area contributed by atoms with Crippen molar-refractivity contribution in [3.63, 3.8) is 0 Å². The summed E-state index contributed by atoms with van der Waals surface area (Å²) >= 11 is 0. The molecule has 0 aromatic carbocycles. The smallest absolute Gasteiger partial charge is 0.109 e. The number of aliphatic hydroxyl groups is 1. The summed E-state index contributed by atoms with van der Waals surface area (Å²) in [6, 6.07) is 0. The highest BCUT2D eigenvalue weighted by molar-refractivity contribution is 4.91. The van der Waals surface area contributed by atoms with E-state index in [0.717, 1.165) is 0 Å². The summed E-state index contributed by atoms with van der Waals surface area (Å²) in [5, 5.41) is 9.24. The quantitative estimate of drug-likeness (QED) is 0.607. The van der Waals surface area contributed by atoms with Gasteiger partial charge in [0.25, 0.3) is 0 Å². The van der Waals surface area contributed by atoms with Crippen molar-refractivity contribution in [2.24, 2.45) is 0 Å². The summed E-state index contributed by atoms with van der Waals surface area (Å²) in [6.07, 6.45) is 0.203. The van der Waals surface area contributed by atoms with Crippen molar-refractivity contribution in [2.75, 3.05) is 26.9 Å². The molecule has 4 nitrogen and oxygen atoms in total. The van der Waals surface area contributed by atoms with Crippen molar-refractivity contribution in [3.05, 3.63) is 0 Å². The second-order valence-electron chi connectivity index (χ2n) is 3.11. The normalized spacial score (nSPS) is 33.0. The van der Waals surface area contributed by atoms with Crippen molar-refractivity contribution in [1.82, 2.24) is 0 Å². The molecule has 1 aliphatic rings. The predicted octanol–water partition coefficient (Wildman–Crippen LogP) is 0.188. The summed E-state index contributed by atoms with van der Waals surface area (Å²) in [5.74, 6) is 0. The minimum Gasteiger partial charge on any atom is -0.390 e. The van der Waals surface area contributed by atoms with Crippen LogP contribution in [0, 0.1) is 0 Å². The van der Waals surface area contributed by atoms with Gasteiger partial charge in [-0.25, -0.2) is 0 Å². The summed E-state index contributed by atoms with van der Waals surface area (Å²) in [4.78, 5) is 0. The molecule has 4 heteroatoms. The molecular formula is C9H18O4. The molecule has 0 aromatic rings. The number of hydrogen-bond donors (Lipinski definition) is 1. The monoisotopic (exact) mass is 190 g/mol. The second-order valence-corrected chi connectivity index (χ2v) is 3.11. The Labute approximate surface area is 78.8 Å². The fraction of sp³-hybridized carbons (Fsp3) is 1.00. The number of methoxy groups -OCH3 is 1. The fourth-order valence-corrected chi connectivity index (χ4v) is 1.43. The zero-order valence-corrected chi connectivity index (χ0v) is 8.23. The first-order chi connectivity index (χ1) is 6.29. The van der Waals surface area contributed by atoms with Gasteiger partial charge in [0.1, 0.15) is 6.10 Å². The Morgan fingerprint density at radius 1 is 1.38 bits per heavy atom. The van der Waals surface area contributed by atoms with Crippen molar-refractivity contribution >= 4 is 0 Å². The third-order valence-electron chi connectivity index (χ3n) is 2.26. The highest BCUT2D eigenvalue weighted by atomic mass is 16.6. The molecule has 0 radical (unpaired) electrons. The van der Waals surface area contributed by atoms with Gasteiger partial charge in [-0.3, -0.25) is 0 Å². The van der Waals surface area contributed by atoms with Crippen molar-refractivity contribution in [2.45, 2.75) is 31.7 Å². The standard InChI is InChI=1S/C9H18O4/c1-3-12-4-5-13-8-6-7(10)9(8)11-2/h7-10H,3-6H2,1-2H3. The highest BCUT2D eigenvalue weighted by Crippen LogP contribution is 2.26. The van der Waals surface area contributed by atoms with Crippen LogP contribution in [0.1, 0.15) is 13.3 Å². The lowest BCUT2D eigenvalue weighted by atomic mass is 9.88. The van der Waals surface area contributed by atoms with Crippen molar-refractivity contribution in [1.29, 1.82) is 0 Å². The van der Waals surface area contributed by atoms with Gasteiger partial charge in [0, 0.05) is 20.1 Å². The van der Waals surface area contributed by atoms with Crippen LogP contribution in [0.3, 0.4) is 0 Å². The van der Waals surface area contributed by atoms with E-state index in [1.165, 1.54) is 0 Å². The van der Waals surface area contributed by atoms with E-state index in [-0.39, 0.29) is 18.3 Å². The number of rotatable bonds is 6. The first kappa shape index (κ1) is 10.9. The van der Waals surface area contributed by atoms with E-state index in [9.17, 15) is 5.11 Å². The van der Waals surface area contributed by atoms with E-state index < -0.39 is 0 Å². The fourth-order valence-electron chi connectivity index (χ4n) is 1.43. The van der Waals surface area contributed by atoms with Crippen molar-refractivity contribution in [3.8, 4) is 0 Å². The number of hydrogen-bond acceptors (Lipinski definition) is 4. The van der Waals surface area contributed by atoms with Gasteiger partial charge in [-0.2, -0.15) is 0 Å². The first-order valence-electron chi connectivity index (χ1n) is 4.69. The SMILES string of the molecule is CCOCCOC1CC(O)C1OC. The average Bonchev–Trinajstić information content (AvgIpc) is 2.11. The van der Waals surface area contributed by atoms with Crippen LogP contribution in [0.25, 0.3) is 0 Å². The van der Waals surface area contributed by atoms with Crippen LogP contribution in [0.5, 0.6) is 0 Å². The number of ether oxygens (including phenoxy) is 3. The van der Waals surface area contributed by atoms with Gasteiger partial charge in [-0.1, -0.05) is 0 Å². The van der Waals surface area contributed by atoms with Crippen LogP contribution in [-0.4, -0.2) is 50.3 Å². The van der Waals surface area contributed by atoms with Crippen LogP contribution in [0.4, 0.5) is 0 Å². The molecule has 3 atom stereocenters. The topological polar surface area (TPSA) is 47.9 Å². The van der Waals surface area contributed by atoms with E-state index in [2.05, 4.69) is 0 Å². The molecule has 0 saturated heterocycles. The van der Waals surface area contributed by atoms with E-state index >= 15 is 0 Å². The Kier molecular flexibility index (Phi) is 4.66. The second kappa shape index (κ2) is 5.54. The van der Waals surface area contributed by atoms with Gasteiger partial charge in [0.05, 0.1) is 25.4 Å². The Morgan fingerprint density at radius 2 is 2.15 bits per heavy atom. The molecule has 0 amide bonds. The molecule has 1 rings (SSSR count). The first-order valence-corrected chi connectivity index (χ1v) is 4.69. The molecule has 13 heavy (non-hydrogen) atoms. The lowest BCUT2D eigenvalue weighted by Gasteiger charge is -2.39. The molecule has 1 saturated carbocycles. The summed E-state index contributed by atoms with van der Waals surface area (Å²) < 4.78 is 15.6. The van der Waals surface area contributed by atoms with Gasteiger partial charge < -0.3 is 19.3 Å². The van der Waals surface area contributed by atoms with Gasteiger partial charge in [-0.05, 0) is 6.92 Å². The zero-order valence-electron chi connectivity index (χ0n) is 8.23. The maximum atomic E-state index is 9.24. The minimum absolute atomic E-state index is 0.0421. The molecule has 1 fully saturated rings. The molecule has 0 aromatic heterocycles. The lowest BCUT2D eigenvalue weighted by molar-refractivity contribution is -0.185. The zero-order chi connectivity index (χ0) is 9.68. The summed E-state index contributed by atoms with van der Waals surface area (Å²) in [5.41, 5.74) is 0. The Morgan fingerprint density at radius 3 is 2.69 bits per heavy atom. The highest BCUT2D eigenvalue weighted by Gasteiger charge is 2.40. The molecule has 3 unspecified atom stereocenters. The summed E-state index contributed by atoms with van der Waals surface area (Å²) in [6.45, 7) is 3.85. The van der Waals surface area contributed by atoms with E-state index in [1.807, 2.05) is 6.92 Å². The third kappa shape index (κ3) is 2.91. The van der Waals surface area contributed by atoms with E-state index in [1.54, 1.807) is 7.11 Å². The molecule has 1 N–H and O–H groups in total. The Bertz CT molecular complexity index is 140. The molecule has 0 heterocycles. The molecule has 78 valence electrons. The van der Waals surface area contributed by atoms with Gasteiger partial charge in [0.2, 0.25) is 0 Å². The average molecular weight is 190 g/mol. The minimum atomic E-state index is -0.359. The maximum Gasteiger partial charge on any atom is 0.109 e. The van der Waals surface area contributed by atoms with Crippen LogP contribution < -0.4 is 0 Å². The van der Waals surface area contributed by atoms with E-state index in [0.29, 0.717) is 26.2 Å². The van der Waals surface area contributed by atoms with Gasteiger partial charge >= 0.3 is 0 Å². The largest absolute Gasteiger partial charge is 0.390 e. The van der Waals surface area contributed by atoms with Crippen LogP contribution in [-0.2, 0) is 14.2 Å². The van der Waals surface area contributed by atoms with Crippen LogP contribution in [0.2, 0.25) is 0 Å². The van der Waals surface area contributed by atoms with Crippen molar-refractivity contribution < 1.29 is 19.3 Å². The molecule has 1 aliphatic carbocycles. The molecule has 0 spiro atoms. The van der Waals surface area contributed by atoms with Crippen LogP contribution >= 0.6 is 0 Å². The Balaban J connectivity index is 2.03. The lowest BCUT2D eigenvalue weighted by Crippen LogP contribution is -2.53. The maximum absolute atomic E-state index is 9.24. The Hall–Kier alpha value is -0.160. The van der Waals surface area contributed by atoms with Gasteiger partial charge in [0.15, 0.2) is 0 Å². The third-order valence-corrected chi connectivity index (χ3v) is 2.26. The van der Waals surface area contributed by atoms with E-state index in [4.69, 9.17) is 14.2 Å². The molecule has 0 bridgehead atoms.